The highest BCUT2D eigenvalue weighted by Gasteiger charge is 2.70. The molecule has 2 aliphatic heterocycles. The average molecular weight is 791 g/mol. The molecular formula is C34H24BrClF3N3O5S2. The van der Waals surface area contributed by atoms with Gasteiger partial charge in [0.2, 0.25) is 11.8 Å². The molecule has 8 nitrogen and oxygen atoms in total. The zero-order valence-corrected chi connectivity index (χ0v) is 29.0. The van der Waals surface area contributed by atoms with Crippen LogP contribution in [0.25, 0.3) is 0 Å². The molecule has 8 rings (SSSR count). The van der Waals surface area contributed by atoms with Crippen LogP contribution in [0.15, 0.2) is 81.0 Å². The predicted octanol–water partition coefficient (Wildman–Crippen LogP) is 7.57. The summed E-state index contributed by atoms with van der Waals surface area (Å²) in [6, 6.07) is 16.3. The highest BCUT2D eigenvalue weighted by molar-refractivity contribution is 9.10. The van der Waals surface area contributed by atoms with Gasteiger partial charge in [0, 0.05) is 36.8 Å². The highest BCUT2D eigenvalue weighted by Crippen LogP contribution is 2.69. The second-order valence-corrected chi connectivity index (χ2v) is 16.1. The van der Waals surface area contributed by atoms with E-state index in [1.807, 2.05) is 6.07 Å². The van der Waals surface area contributed by atoms with Crippen molar-refractivity contribution >= 4 is 79.7 Å². The summed E-state index contributed by atoms with van der Waals surface area (Å²) in [6.07, 6.45) is -3.88. The lowest BCUT2D eigenvalue weighted by Gasteiger charge is -2.43. The van der Waals surface area contributed by atoms with Crippen molar-refractivity contribution in [3.63, 3.8) is 0 Å². The van der Waals surface area contributed by atoms with E-state index in [4.69, 9.17) is 16.3 Å². The standard InChI is InChI=1S/C34H24BrClF3N3O5S2/c35-15-4-9-22(47-13-23(43)40-17-3-1-2-14(10-17)34(37,38)39)19(11-15)24-25-20-12-21(28(25)48-30-29(24)49-33(46)41-30)27-26(20)31(44)42(32(27)45)18-7-5-16(36)6-8-18/h1-11,20-21,24-28H,12-13H2,(H,40,43)(H,41,46)/t20-,21-,24-,25?,26?,27?,28?/m1/s1. The maximum absolute atomic E-state index is 14.0. The molecule has 3 heterocycles. The van der Waals surface area contributed by atoms with Crippen molar-refractivity contribution in [3.05, 3.63) is 102 Å². The Morgan fingerprint density at radius 3 is 2.49 bits per heavy atom. The van der Waals surface area contributed by atoms with Crippen LogP contribution in [0.4, 0.5) is 24.5 Å². The molecule has 2 N–H and O–H groups in total. The number of carbonyl (C=O) groups is 3. The average Bonchev–Trinajstić information content (AvgIpc) is 3.79. The minimum Gasteiger partial charge on any atom is -0.483 e. The minimum atomic E-state index is -4.56. The lowest BCUT2D eigenvalue weighted by atomic mass is 9.68. The Balaban J connectivity index is 1.11. The van der Waals surface area contributed by atoms with Crippen LogP contribution in [0.1, 0.15) is 28.3 Å². The third kappa shape index (κ3) is 5.51. The summed E-state index contributed by atoms with van der Waals surface area (Å²) in [6.45, 7) is -0.490. The fraction of sp³-hybridized carbons (Fsp3) is 0.294. The summed E-state index contributed by atoms with van der Waals surface area (Å²) in [5.41, 5.74) is 0.269. The zero-order chi connectivity index (χ0) is 34.4. The summed E-state index contributed by atoms with van der Waals surface area (Å²) >= 11 is 12.3. The van der Waals surface area contributed by atoms with Gasteiger partial charge in [-0.1, -0.05) is 44.9 Å². The first kappa shape index (κ1) is 32.6. The van der Waals surface area contributed by atoms with E-state index in [2.05, 4.69) is 26.2 Å². The number of halogens is 5. The van der Waals surface area contributed by atoms with Gasteiger partial charge in [0.1, 0.15) is 5.75 Å². The molecule has 252 valence electrons. The number of ether oxygens (including phenoxy) is 1. The largest absolute Gasteiger partial charge is 0.483 e. The van der Waals surface area contributed by atoms with E-state index in [0.29, 0.717) is 33.5 Å². The number of anilines is 2. The van der Waals surface area contributed by atoms with Crippen LogP contribution in [0, 0.1) is 29.6 Å². The molecule has 4 aliphatic rings. The molecule has 1 aromatic heterocycles. The smallest absolute Gasteiger partial charge is 0.416 e. The monoisotopic (exact) mass is 789 g/mol. The third-order valence-corrected chi connectivity index (χ3v) is 13.3. The molecule has 1 saturated heterocycles. The van der Waals surface area contributed by atoms with Gasteiger partial charge in [-0.3, -0.25) is 24.1 Å². The Morgan fingerprint density at radius 1 is 1.02 bits per heavy atom. The van der Waals surface area contributed by atoms with Crippen molar-refractivity contribution in [2.24, 2.45) is 29.6 Å². The van der Waals surface area contributed by atoms with Crippen molar-refractivity contribution in [2.75, 3.05) is 16.8 Å². The fourth-order valence-corrected chi connectivity index (χ4v) is 11.6. The number of rotatable bonds is 6. The van der Waals surface area contributed by atoms with Crippen LogP contribution in [-0.4, -0.2) is 34.6 Å². The van der Waals surface area contributed by atoms with Gasteiger partial charge in [-0.2, -0.15) is 13.2 Å². The van der Waals surface area contributed by atoms with Crippen molar-refractivity contribution in [1.29, 1.82) is 0 Å². The van der Waals surface area contributed by atoms with Crippen molar-refractivity contribution in [3.8, 4) is 5.75 Å². The van der Waals surface area contributed by atoms with Crippen LogP contribution in [-0.2, 0) is 20.6 Å². The molecule has 0 radical (unpaired) electrons. The molecule has 49 heavy (non-hydrogen) atoms. The number of nitrogens with one attached hydrogen (secondary N) is 2. The summed E-state index contributed by atoms with van der Waals surface area (Å²) in [7, 11) is 0. The normalized spacial score (nSPS) is 26.8. The molecule has 3 fully saturated rings. The maximum atomic E-state index is 14.0. The molecular weight excluding hydrogens is 767 g/mol. The molecule has 4 unspecified atom stereocenters. The first-order valence-electron chi connectivity index (χ1n) is 15.3. The highest BCUT2D eigenvalue weighted by atomic mass is 79.9. The number of thioether (sulfide) groups is 1. The van der Waals surface area contributed by atoms with Crippen LogP contribution in [0.3, 0.4) is 0 Å². The number of thiazole rings is 1. The summed E-state index contributed by atoms with van der Waals surface area (Å²) < 4.78 is 46.4. The first-order valence-corrected chi connectivity index (χ1v) is 18.2. The molecule has 3 aromatic carbocycles. The quantitative estimate of drug-likeness (QED) is 0.195. The third-order valence-electron chi connectivity index (χ3n) is 9.95. The number of H-pyrrole nitrogens is 1. The van der Waals surface area contributed by atoms with Crippen molar-refractivity contribution in [2.45, 2.75) is 28.8 Å². The van der Waals surface area contributed by atoms with E-state index in [-0.39, 0.29) is 45.4 Å². The number of nitrogens with zero attached hydrogens (tertiary/aromatic N) is 1. The number of fused-ring (bicyclic) bond motifs is 9. The zero-order valence-electron chi connectivity index (χ0n) is 25.0. The number of aromatic nitrogens is 1. The lowest BCUT2D eigenvalue weighted by molar-refractivity contribution is -0.137. The van der Waals surface area contributed by atoms with Gasteiger partial charge in [-0.25, -0.2) is 0 Å². The van der Waals surface area contributed by atoms with Crippen molar-refractivity contribution < 1.29 is 32.3 Å². The number of hydrogen-bond acceptors (Lipinski definition) is 7. The number of benzene rings is 3. The van der Waals surface area contributed by atoms with Gasteiger partial charge in [0.05, 0.1) is 28.1 Å². The Kier molecular flexibility index (Phi) is 8.00. The summed E-state index contributed by atoms with van der Waals surface area (Å²) in [5, 5.41) is 3.60. The summed E-state index contributed by atoms with van der Waals surface area (Å²) in [5.74, 6) is -2.55. The Labute approximate surface area is 298 Å². The second-order valence-electron chi connectivity index (χ2n) is 12.5. The number of aromatic amines is 1. The van der Waals surface area contributed by atoms with Gasteiger partial charge < -0.3 is 15.0 Å². The first-order chi connectivity index (χ1) is 23.4. The van der Waals surface area contributed by atoms with E-state index < -0.39 is 42.0 Å². The van der Waals surface area contributed by atoms with Crippen LogP contribution < -0.4 is 19.8 Å². The van der Waals surface area contributed by atoms with E-state index in [1.54, 1.807) is 48.2 Å². The molecule has 4 aromatic rings. The fourth-order valence-electron chi connectivity index (χ4n) is 8.22. The molecule has 3 amide bonds. The molecule has 2 saturated carbocycles. The van der Waals surface area contributed by atoms with Gasteiger partial charge in [-0.05, 0) is 84.8 Å². The van der Waals surface area contributed by atoms with Gasteiger partial charge in [0.15, 0.2) is 6.61 Å². The van der Waals surface area contributed by atoms with E-state index in [1.165, 1.54) is 17.0 Å². The number of carbonyl (C=O) groups excluding carboxylic acids is 3. The Morgan fingerprint density at radius 2 is 1.76 bits per heavy atom. The van der Waals surface area contributed by atoms with Crippen molar-refractivity contribution in [1.82, 2.24) is 4.98 Å². The minimum absolute atomic E-state index is 0.0201. The van der Waals surface area contributed by atoms with E-state index >= 15 is 0 Å². The Bertz CT molecular complexity index is 2090. The van der Waals surface area contributed by atoms with Crippen LogP contribution in [0.5, 0.6) is 5.75 Å². The number of amides is 3. The number of alkyl halides is 3. The number of hydrogen-bond donors (Lipinski definition) is 2. The maximum Gasteiger partial charge on any atom is 0.416 e. The lowest BCUT2D eigenvalue weighted by Crippen LogP contribution is -2.42. The molecule has 0 spiro atoms. The topological polar surface area (TPSA) is 109 Å². The van der Waals surface area contributed by atoms with Gasteiger partial charge in [-0.15, -0.1) is 11.8 Å². The molecule has 2 bridgehead atoms. The SMILES string of the molecule is O=C(COc1ccc(Br)cc1[C@H]1c2sc(=O)[nH]c2SC2C1[C@H]1C[C@@H]2C2C(=O)N(c3ccc(Cl)cc3)C(=O)C21)Nc1cccc(C(F)(F)F)c1. The van der Waals surface area contributed by atoms with Crippen LogP contribution >= 0.6 is 50.6 Å². The molecule has 2 aliphatic carbocycles. The van der Waals surface area contributed by atoms with Gasteiger partial charge >= 0.3 is 11.0 Å². The van der Waals surface area contributed by atoms with E-state index in [9.17, 15) is 32.3 Å². The van der Waals surface area contributed by atoms with Crippen LogP contribution in [0.2, 0.25) is 5.02 Å². The Hall–Kier alpha value is -3.59. The number of imide groups is 1. The van der Waals surface area contributed by atoms with Gasteiger partial charge in [0.25, 0.3) is 5.91 Å². The predicted molar refractivity (Wildman–Crippen MR) is 182 cm³/mol. The molecule has 7 atom stereocenters. The second kappa shape index (κ2) is 12.0. The summed E-state index contributed by atoms with van der Waals surface area (Å²) in [4.78, 5) is 58.4. The molecule has 15 heteroatoms. The van der Waals surface area contributed by atoms with E-state index in [0.717, 1.165) is 32.8 Å².